The van der Waals surface area contributed by atoms with Crippen LogP contribution in [0, 0.1) is 19.7 Å². The van der Waals surface area contributed by atoms with Crippen molar-refractivity contribution >= 4 is 33.2 Å². The van der Waals surface area contributed by atoms with E-state index in [-0.39, 0.29) is 0 Å². The smallest absolute Gasteiger partial charge is 0.188 e. The van der Waals surface area contributed by atoms with Crippen LogP contribution in [0.15, 0.2) is 22.7 Å². The lowest BCUT2D eigenvalue weighted by atomic mass is 10.2. The molecule has 1 aromatic carbocycles. The molecule has 0 aliphatic rings. The molecule has 102 valence electrons. The predicted molar refractivity (Wildman–Crippen MR) is 78.4 cm³/mol. The topological polar surface area (TPSA) is 43.1 Å². The van der Waals surface area contributed by atoms with Gasteiger partial charge in [-0.1, -0.05) is 27.5 Å². The van der Waals surface area contributed by atoms with E-state index in [1.54, 1.807) is 12.1 Å². The third kappa shape index (κ3) is 1.99. The minimum atomic E-state index is -0.398. The molecule has 0 atom stereocenters. The van der Waals surface area contributed by atoms with Crippen LogP contribution in [-0.4, -0.2) is 19.8 Å². The summed E-state index contributed by atoms with van der Waals surface area (Å²) in [7, 11) is 0. The first-order valence-electron chi connectivity index (χ1n) is 5.82. The second-order valence-corrected chi connectivity index (χ2v) is 5.70. The quantitative estimate of drug-likeness (QED) is 0.663. The zero-order valence-electron chi connectivity index (χ0n) is 10.7. The molecule has 4 nitrogen and oxygen atoms in total. The summed E-state index contributed by atoms with van der Waals surface area (Å²) in [5.74, 6) is -0.0696. The van der Waals surface area contributed by atoms with Gasteiger partial charge in [0.05, 0.1) is 5.56 Å². The van der Waals surface area contributed by atoms with E-state index in [1.807, 2.05) is 13.8 Å². The number of hydrogen-bond donors (Lipinski definition) is 0. The highest BCUT2D eigenvalue weighted by Gasteiger charge is 2.17. The summed E-state index contributed by atoms with van der Waals surface area (Å²) in [5, 5.41) is 12.7. The standard InChI is InChI=1S/C13H9BrClFN4/c1-6-7(2)12-17-18-13(20(12)19-11(6)15)9-4-3-8(14)5-10(9)16/h3-5H,1-2H3. The highest BCUT2D eigenvalue weighted by Crippen LogP contribution is 2.27. The maximum atomic E-state index is 14.1. The van der Waals surface area contributed by atoms with Gasteiger partial charge in [0.1, 0.15) is 5.82 Å². The molecule has 0 fully saturated rings. The molecular formula is C13H9BrClFN4. The molecule has 0 radical (unpaired) electrons. The zero-order chi connectivity index (χ0) is 14.4. The van der Waals surface area contributed by atoms with Crippen molar-refractivity contribution in [3.8, 4) is 11.4 Å². The predicted octanol–water partition coefficient (Wildman–Crippen LogP) is 3.96. The van der Waals surface area contributed by atoms with E-state index in [1.165, 1.54) is 10.6 Å². The average Bonchev–Trinajstić information content (AvgIpc) is 2.80. The summed E-state index contributed by atoms with van der Waals surface area (Å²) < 4.78 is 16.2. The summed E-state index contributed by atoms with van der Waals surface area (Å²) >= 11 is 9.31. The number of aryl methyl sites for hydroxylation is 1. The van der Waals surface area contributed by atoms with Crippen LogP contribution in [0.2, 0.25) is 5.15 Å². The van der Waals surface area contributed by atoms with Crippen LogP contribution < -0.4 is 0 Å². The first-order valence-corrected chi connectivity index (χ1v) is 6.99. The maximum Gasteiger partial charge on any atom is 0.188 e. The van der Waals surface area contributed by atoms with Crippen molar-refractivity contribution in [1.29, 1.82) is 0 Å². The molecule has 3 rings (SSSR count). The van der Waals surface area contributed by atoms with Crippen molar-refractivity contribution in [3.63, 3.8) is 0 Å². The van der Waals surface area contributed by atoms with Crippen LogP contribution in [0.4, 0.5) is 4.39 Å². The number of nitrogens with zero attached hydrogens (tertiary/aromatic N) is 4. The van der Waals surface area contributed by atoms with E-state index in [9.17, 15) is 4.39 Å². The highest BCUT2D eigenvalue weighted by molar-refractivity contribution is 9.10. The Hall–Kier alpha value is -1.53. The molecular weight excluding hydrogens is 347 g/mol. The van der Waals surface area contributed by atoms with Gasteiger partial charge in [-0.05, 0) is 37.6 Å². The summed E-state index contributed by atoms with van der Waals surface area (Å²) in [5.41, 5.74) is 2.62. The van der Waals surface area contributed by atoms with Gasteiger partial charge < -0.3 is 0 Å². The normalized spacial score (nSPS) is 11.2. The largest absolute Gasteiger partial charge is 0.206 e. The number of rotatable bonds is 1. The van der Waals surface area contributed by atoms with Crippen LogP contribution in [0.25, 0.3) is 17.0 Å². The van der Waals surface area contributed by atoms with Crippen molar-refractivity contribution in [2.75, 3.05) is 0 Å². The van der Waals surface area contributed by atoms with Crippen molar-refractivity contribution in [2.45, 2.75) is 13.8 Å². The fourth-order valence-corrected chi connectivity index (χ4v) is 2.48. The van der Waals surface area contributed by atoms with Crippen LogP contribution in [0.3, 0.4) is 0 Å². The van der Waals surface area contributed by atoms with Crippen molar-refractivity contribution in [1.82, 2.24) is 19.8 Å². The molecule has 0 aliphatic carbocycles. The van der Waals surface area contributed by atoms with Gasteiger partial charge >= 0.3 is 0 Å². The van der Waals surface area contributed by atoms with Crippen LogP contribution in [0.5, 0.6) is 0 Å². The Kier molecular flexibility index (Phi) is 3.22. The minimum Gasteiger partial charge on any atom is -0.206 e. The van der Waals surface area contributed by atoms with Gasteiger partial charge in [-0.15, -0.1) is 10.2 Å². The fourth-order valence-electron chi connectivity index (χ4n) is 1.93. The second-order valence-electron chi connectivity index (χ2n) is 4.42. The molecule has 0 saturated heterocycles. The molecule has 20 heavy (non-hydrogen) atoms. The fraction of sp³-hybridized carbons (Fsp3) is 0.154. The molecule has 7 heteroatoms. The first kappa shape index (κ1) is 13.5. The van der Waals surface area contributed by atoms with Crippen molar-refractivity contribution in [2.24, 2.45) is 0 Å². The molecule has 2 aromatic heterocycles. The third-order valence-corrected chi connectivity index (χ3v) is 4.06. The Bertz CT molecular complexity index is 831. The summed E-state index contributed by atoms with van der Waals surface area (Å²) in [4.78, 5) is 0. The molecule has 0 spiro atoms. The van der Waals surface area contributed by atoms with Gasteiger partial charge in [-0.25, -0.2) is 4.39 Å². The SMILES string of the molecule is Cc1c(Cl)nn2c(-c3ccc(Br)cc3F)nnc2c1C. The lowest BCUT2D eigenvalue weighted by Gasteiger charge is -2.05. The van der Waals surface area contributed by atoms with Gasteiger partial charge in [0.2, 0.25) is 0 Å². The molecule has 3 aromatic rings. The molecule has 0 unspecified atom stereocenters. The lowest BCUT2D eigenvalue weighted by Crippen LogP contribution is -2.01. The van der Waals surface area contributed by atoms with Crippen molar-refractivity contribution < 1.29 is 4.39 Å². The van der Waals surface area contributed by atoms with Gasteiger partial charge in [0.25, 0.3) is 0 Å². The Balaban J connectivity index is 2.33. The Morgan fingerprint density at radius 3 is 2.65 bits per heavy atom. The summed E-state index contributed by atoms with van der Waals surface area (Å²) in [6.07, 6.45) is 0. The van der Waals surface area contributed by atoms with E-state index in [2.05, 4.69) is 31.2 Å². The summed E-state index contributed by atoms with van der Waals surface area (Å²) in [6.45, 7) is 3.74. The number of hydrogen-bond acceptors (Lipinski definition) is 3. The van der Waals surface area contributed by atoms with Crippen LogP contribution in [0.1, 0.15) is 11.1 Å². The lowest BCUT2D eigenvalue weighted by molar-refractivity contribution is 0.628. The van der Waals surface area contributed by atoms with Crippen LogP contribution in [-0.2, 0) is 0 Å². The van der Waals surface area contributed by atoms with Crippen molar-refractivity contribution in [3.05, 3.63) is 44.8 Å². The third-order valence-electron chi connectivity index (χ3n) is 3.21. The number of fused-ring (bicyclic) bond motifs is 1. The van der Waals surface area contributed by atoms with Gasteiger partial charge in [-0.2, -0.15) is 9.61 Å². The Morgan fingerprint density at radius 2 is 1.95 bits per heavy atom. The molecule has 2 heterocycles. The molecule has 0 aliphatic heterocycles. The Morgan fingerprint density at radius 1 is 1.20 bits per heavy atom. The molecule has 0 saturated carbocycles. The minimum absolute atomic E-state index is 0.326. The monoisotopic (exact) mass is 354 g/mol. The van der Waals surface area contributed by atoms with E-state index >= 15 is 0 Å². The van der Waals surface area contributed by atoms with Gasteiger partial charge in [0.15, 0.2) is 16.6 Å². The van der Waals surface area contributed by atoms with E-state index in [4.69, 9.17) is 11.6 Å². The van der Waals surface area contributed by atoms with E-state index in [0.717, 1.165) is 11.1 Å². The second kappa shape index (κ2) is 4.79. The average molecular weight is 356 g/mol. The molecule has 0 bridgehead atoms. The summed E-state index contributed by atoms with van der Waals surface area (Å²) in [6, 6.07) is 4.74. The van der Waals surface area contributed by atoms with E-state index in [0.29, 0.717) is 26.7 Å². The number of benzene rings is 1. The van der Waals surface area contributed by atoms with Crippen LogP contribution >= 0.6 is 27.5 Å². The zero-order valence-corrected chi connectivity index (χ0v) is 13.0. The van der Waals surface area contributed by atoms with Gasteiger partial charge in [0, 0.05) is 10.0 Å². The maximum absolute atomic E-state index is 14.1. The first-order chi connectivity index (χ1) is 9.49. The number of aromatic nitrogens is 4. The molecule has 0 N–H and O–H groups in total. The van der Waals surface area contributed by atoms with E-state index < -0.39 is 5.82 Å². The Labute approximate surface area is 127 Å². The highest BCUT2D eigenvalue weighted by atomic mass is 79.9. The van der Waals surface area contributed by atoms with Gasteiger partial charge in [-0.3, -0.25) is 0 Å². The number of halogens is 3. The molecule has 0 amide bonds.